The Morgan fingerprint density at radius 1 is 1.14 bits per heavy atom. The lowest BCUT2D eigenvalue weighted by molar-refractivity contribution is 0.421. The number of rotatable bonds is 2. The second-order valence-corrected chi connectivity index (χ2v) is 5.04. The summed E-state index contributed by atoms with van der Waals surface area (Å²) < 4.78 is 32.2. The van der Waals surface area contributed by atoms with Crippen molar-refractivity contribution in [2.75, 3.05) is 0 Å². The molecule has 0 spiro atoms. The van der Waals surface area contributed by atoms with Gasteiger partial charge in [0.1, 0.15) is 22.9 Å². The predicted octanol–water partition coefficient (Wildman–Crippen LogP) is 4.15. The fraction of sp³-hybridized carbons (Fsp3) is 0. The lowest BCUT2D eigenvalue weighted by Crippen LogP contribution is -1.87. The van der Waals surface area contributed by atoms with E-state index in [1.54, 1.807) is 0 Å². The number of nitrogens with zero attached hydrogens (tertiary/aromatic N) is 2. The zero-order valence-electron chi connectivity index (χ0n) is 10.3. The van der Waals surface area contributed by atoms with E-state index < -0.39 is 11.6 Å². The van der Waals surface area contributed by atoms with Gasteiger partial charge >= 0.3 is 0 Å². The molecule has 4 nitrogen and oxygen atoms in total. The Bertz CT molecular complexity index is 800. The van der Waals surface area contributed by atoms with Crippen LogP contribution in [0.3, 0.4) is 0 Å². The van der Waals surface area contributed by atoms with Gasteiger partial charge in [0, 0.05) is 10.0 Å². The monoisotopic (exact) mass is 352 g/mol. The first-order valence-corrected chi connectivity index (χ1v) is 6.62. The third-order valence-electron chi connectivity index (χ3n) is 2.80. The number of benzene rings is 2. The van der Waals surface area contributed by atoms with Crippen LogP contribution in [0.5, 0.6) is 5.75 Å². The molecule has 1 heterocycles. The van der Waals surface area contributed by atoms with Gasteiger partial charge in [-0.15, -0.1) is 0 Å². The minimum Gasteiger partial charge on any atom is -0.507 e. The minimum absolute atomic E-state index is 0.152. The normalized spacial score (nSPS) is 10.8. The van der Waals surface area contributed by atoms with Gasteiger partial charge in [-0.25, -0.2) is 8.78 Å². The maximum Gasteiger partial charge on any atom is 0.265 e. The van der Waals surface area contributed by atoms with E-state index in [1.165, 1.54) is 36.4 Å². The molecule has 0 amide bonds. The summed E-state index contributed by atoms with van der Waals surface area (Å²) in [6, 6.07) is 7.82. The van der Waals surface area contributed by atoms with Gasteiger partial charge in [-0.2, -0.15) is 4.98 Å². The van der Waals surface area contributed by atoms with Crippen molar-refractivity contribution < 1.29 is 18.4 Å². The maximum absolute atomic E-state index is 13.7. The first-order chi connectivity index (χ1) is 10.1. The second kappa shape index (κ2) is 5.25. The molecule has 0 aliphatic heterocycles. The molecular formula is C14H7BrF2N2O2. The standard InChI is InChI=1S/C14H7BrF2N2O2/c15-9-6-7(16)4-5-8(9)13-18-14(21-19-13)12-10(17)2-1-3-11(12)20/h1-6,20H. The van der Waals surface area contributed by atoms with Gasteiger partial charge in [0.15, 0.2) is 0 Å². The van der Waals surface area contributed by atoms with E-state index in [9.17, 15) is 13.9 Å². The van der Waals surface area contributed by atoms with Gasteiger partial charge in [0.25, 0.3) is 5.89 Å². The van der Waals surface area contributed by atoms with E-state index in [0.29, 0.717) is 10.0 Å². The molecule has 0 radical (unpaired) electrons. The molecule has 1 N–H and O–H groups in total. The van der Waals surface area contributed by atoms with Gasteiger partial charge in [-0.1, -0.05) is 11.2 Å². The van der Waals surface area contributed by atoms with Crippen molar-refractivity contribution in [2.24, 2.45) is 0 Å². The molecule has 1 aromatic heterocycles. The first-order valence-electron chi connectivity index (χ1n) is 5.83. The molecule has 0 saturated heterocycles. The van der Waals surface area contributed by atoms with Crippen LogP contribution >= 0.6 is 15.9 Å². The summed E-state index contributed by atoms with van der Waals surface area (Å²) in [5.41, 5.74) is 0.316. The zero-order valence-corrected chi connectivity index (χ0v) is 11.9. The van der Waals surface area contributed by atoms with Crippen LogP contribution in [0, 0.1) is 11.6 Å². The van der Waals surface area contributed by atoms with Crippen LogP contribution in [0.1, 0.15) is 0 Å². The highest BCUT2D eigenvalue weighted by atomic mass is 79.9. The Morgan fingerprint density at radius 3 is 2.67 bits per heavy atom. The number of phenols is 1. The van der Waals surface area contributed by atoms with Crippen molar-refractivity contribution in [1.82, 2.24) is 10.1 Å². The van der Waals surface area contributed by atoms with E-state index >= 15 is 0 Å². The van der Waals surface area contributed by atoms with E-state index in [4.69, 9.17) is 4.52 Å². The fourth-order valence-corrected chi connectivity index (χ4v) is 2.36. The van der Waals surface area contributed by atoms with Crippen LogP contribution in [0.4, 0.5) is 8.78 Å². The summed E-state index contributed by atoms with van der Waals surface area (Å²) in [6.07, 6.45) is 0. The van der Waals surface area contributed by atoms with Crippen LogP contribution < -0.4 is 0 Å². The van der Waals surface area contributed by atoms with Crippen LogP contribution in [-0.2, 0) is 0 Å². The lowest BCUT2D eigenvalue weighted by atomic mass is 10.2. The summed E-state index contributed by atoms with van der Waals surface area (Å²) in [7, 11) is 0. The third kappa shape index (κ3) is 2.52. The molecule has 2 aromatic carbocycles. The molecule has 0 saturated carbocycles. The van der Waals surface area contributed by atoms with Crippen LogP contribution in [0.2, 0.25) is 0 Å². The molecule has 0 aliphatic carbocycles. The average molecular weight is 353 g/mol. The molecule has 106 valence electrons. The molecule has 3 aromatic rings. The van der Waals surface area contributed by atoms with Gasteiger partial charge in [-0.05, 0) is 46.3 Å². The van der Waals surface area contributed by atoms with Crippen molar-refractivity contribution in [3.63, 3.8) is 0 Å². The van der Waals surface area contributed by atoms with Gasteiger partial charge in [-0.3, -0.25) is 0 Å². The van der Waals surface area contributed by atoms with Crippen LogP contribution in [0.15, 0.2) is 45.4 Å². The summed E-state index contributed by atoms with van der Waals surface area (Å²) in [5, 5.41) is 13.4. The van der Waals surface area contributed by atoms with Crippen molar-refractivity contribution in [3.05, 3.63) is 52.5 Å². The molecule has 0 fully saturated rings. The Labute approximate surface area is 126 Å². The highest BCUT2D eigenvalue weighted by molar-refractivity contribution is 9.10. The molecule has 0 aliphatic rings. The number of aromatic nitrogens is 2. The van der Waals surface area contributed by atoms with E-state index in [1.807, 2.05) is 0 Å². The molecule has 21 heavy (non-hydrogen) atoms. The number of hydrogen-bond acceptors (Lipinski definition) is 4. The summed E-state index contributed by atoms with van der Waals surface area (Å²) in [6.45, 7) is 0. The first kappa shape index (κ1) is 13.7. The van der Waals surface area contributed by atoms with Crippen LogP contribution in [0.25, 0.3) is 22.8 Å². The van der Waals surface area contributed by atoms with Crippen LogP contribution in [-0.4, -0.2) is 15.2 Å². The Hall–Kier alpha value is -2.28. The quantitative estimate of drug-likeness (QED) is 0.752. The van der Waals surface area contributed by atoms with Crippen molar-refractivity contribution in [2.45, 2.75) is 0 Å². The SMILES string of the molecule is Oc1cccc(F)c1-c1nc(-c2ccc(F)cc2Br)no1. The second-order valence-electron chi connectivity index (χ2n) is 4.18. The number of phenolic OH excluding ortho intramolecular Hbond substituents is 1. The smallest absolute Gasteiger partial charge is 0.265 e. The fourth-order valence-electron chi connectivity index (χ4n) is 1.83. The Morgan fingerprint density at radius 2 is 1.95 bits per heavy atom. The van der Waals surface area contributed by atoms with E-state index in [2.05, 4.69) is 26.1 Å². The number of aromatic hydroxyl groups is 1. The maximum atomic E-state index is 13.7. The highest BCUT2D eigenvalue weighted by Gasteiger charge is 2.19. The topological polar surface area (TPSA) is 59.2 Å². The van der Waals surface area contributed by atoms with E-state index in [0.717, 1.165) is 0 Å². The summed E-state index contributed by atoms with van der Waals surface area (Å²) >= 11 is 3.19. The summed E-state index contributed by atoms with van der Waals surface area (Å²) in [5.74, 6) is -1.40. The molecule has 7 heteroatoms. The molecule has 0 unspecified atom stereocenters. The zero-order chi connectivity index (χ0) is 15.0. The molecular weight excluding hydrogens is 346 g/mol. The predicted molar refractivity (Wildman–Crippen MR) is 74.5 cm³/mol. The van der Waals surface area contributed by atoms with Crippen molar-refractivity contribution >= 4 is 15.9 Å². The Kier molecular flexibility index (Phi) is 3.42. The third-order valence-corrected chi connectivity index (χ3v) is 3.46. The number of halogens is 3. The molecule has 0 atom stereocenters. The highest BCUT2D eigenvalue weighted by Crippen LogP contribution is 2.33. The van der Waals surface area contributed by atoms with Crippen molar-refractivity contribution in [1.29, 1.82) is 0 Å². The molecule has 3 rings (SSSR count). The van der Waals surface area contributed by atoms with Crippen molar-refractivity contribution in [3.8, 4) is 28.6 Å². The van der Waals surface area contributed by atoms with Gasteiger partial charge < -0.3 is 9.63 Å². The van der Waals surface area contributed by atoms with Gasteiger partial charge in [0.05, 0.1) is 0 Å². The van der Waals surface area contributed by atoms with Gasteiger partial charge in [0.2, 0.25) is 5.82 Å². The average Bonchev–Trinajstić information content (AvgIpc) is 2.87. The largest absolute Gasteiger partial charge is 0.507 e. The summed E-state index contributed by atoms with van der Waals surface area (Å²) in [4.78, 5) is 4.03. The van der Waals surface area contributed by atoms with E-state index in [-0.39, 0.29) is 23.0 Å². The Balaban J connectivity index is 2.08. The lowest BCUT2D eigenvalue weighted by Gasteiger charge is -2.00. The minimum atomic E-state index is -0.677. The molecule has 0 bridgehead atoms. The number of hydrogen-bond donors (Lipinski definition) is 1.